The normalized spacial score (nSPS) is 16.2. The van der Waals surface area contributed by atoms with Crippen LogP contribution in [0, 0.1) is 0 Å². The van der Waals surface area contributed by atoms with Gasteiger partial charge in [-0.15, -0.1) is 11.3 Å². The SMILES string of the molecule is O=C(NCc1ccco1)C(=O)NCC1(c2cccs2)CCCC1. The Hall–Kier alpha value is -2.08. The van der Waals surface area contributed by atoms with E-state index in [9.17, 15) is 9.59 Å². The minimum atomic E-state index is -0.624. The van der Waals surface area contributed by atoms with Crippen LogP contribution in [0.15, 0.2) is 40.3 Å². The van der Waals surface area contributed by atoms with E-state index in [0.29, 0.717) is 12.3 Å². The zero-order chi connectivity index (χ0) is 16.1. The fourth-order valence-corrected chi connectivity index (χ4v) is 4.12. The van der Waals surface area contributed by atoms with Crippen molar-refractivity contribution >= 4 is 23.2 Å². The van der Waals surface area contributed by atoms with Gasteiger partial charge in [0.2, 0.25) is 0 Å². The molecule has 0 spiro atoms. The summed E-state index contributed by atoms with van der Waals surface area (Å²) in [7, 11) is 0. The third-order valence-corrected chi connectivity index (χ3v) is 5.52. The molecule has 3 rings (SSSR count). The van der Waals surface area contributed by atoms with Gasteiger partial charge in [0.15, 0.2) is 0 Å². The molecule has 0 unspecified atom stereocenters. The lowest BCUT2D eigenvalue weighted by molar-refractivity contribution is -0.139. The minimum absolute atomic E-state index is 0.00881. The summed E-state index contributed by atoms with van der Waals surface area (Å²) in [6.07, 6.45) is 5.98. The molecular weight excluding hydrogens is 312 g/mol. The van der Waals surface area contributed by atoms with Crippen molar-refractivity contribution in [2.75, 3.05) is 6.54 Å². The van der Waals surface area contributed by atoms with Gasteiger partial charge in [-0.3, -0.25) is 9.59 Å². The lowest BCUT2D eigenvalue weighted by atomic mass is 9.84. The van der Waals surface area contributed by atoms with Crippen molar-refractivity contribution in [3.63, 3.8) is 0 Å². The number of rotatable bonds is 5. The first-order valence-corrected chi connectivity index (χ1v) is 8.70. The van der Waals surface area contributed by atoms with Crippen molar-refractivity contribution < 1.29 is 14.0 Å². The zero-order valence-corrected chi connectivity index (χ0v) is 13.7. The number of carbonyl (C=O) groups excluding carboxylic acids is 2. The molecule has 2 amide bonds. The molecule has 1 aliphatic rings. The van der Waals surface area contributed by atoms with Crippen LogP contribution in [-0.2, 0) is 21.5 Å². The molecule has 0 bridgehead atoms. The maximum atomic E-state index is 12.0. The molecule has 5 nitrogen and oxygen atoms in total. The van der Waals surface area contributed by atoms with Gasteiger partial charge in [0.1, 0.15) is 5.76 Å². The number of thiophene rings is 1. The monoisotopic (exact) mass is 332 g/mol. The Kier molecular flexibility index (Phi) is 4.81. The summed E-state index contributed by atoms with van der Waals surface area (Å²) in [6, 6.07) is 7.66. The van der Waals surface area contributed by atoms with Crippen LogP contribution in [0.4, 0.5) is 0 Å². The van der Waals surface area contributed by atoms with Gasteiger partial charge in [0, 0.05) is 16.8 Å². The molecule has 1 saturated carbocycles. The Morgan fingerprint density at radius 3 is 2.57 bits per heavy atom. The summed E-state index contributed by atoms with van der Waals surface area (Å²) in [5.41, 5.74) is -0.00881. The second-order valence-corrected chi connectivity index (χ2v) is 6.86. The summed E-state index contributed by atoms with van der Waals surface area (Å²) in [6.45, 7) is 0.732. The summed E-state index contributed by atoms with van der Waals surface area (Å²) in [5.74, 6) is -0.586. The predicted octanol–water partition coefficient (Wildman–Crippen LogP) is 2.59. The highest BCUT2D eigenvalue weighted by atomic mass is 32.1. The minimum Gasteiger partial charge on any atom is -0.467 e. The largest absolute Gasteiger partial charge is 0.467 e. The lowest BCUT2D eigenvalue weighted by Gasteiger charge is -2.28. The number of hydrogen-bond acceptors (Lipinski definition) is 4. The van der Waals surface area contributed by atoms with Gasteiger partial charge in [0.25, 0.3) is 0 Å². The van der Waals surface area contributed by atoms with Crippen LogP contribution < -0.4 is 10.6 Å². The average molecular weight is 332 g/mol. The van der Waals surface area contributed by atoms with Crippen molar-refractivity contribution in [2.24, 2.45) is 0 Å². The molecule has 0 aliphatic heterocycles. The van der Waals surface area contributed by atoms with E-state index < -0.39 is 11.8 Å². The molecule has 2 aromatic rings. The first-order chi connectivity index (χ1) is 11.2. The van der Waals surface area contributed by atoms with Gasteiger partial charge in [-0.25, -0.2) is 0 Å². The molecule has 0 saturated heterocycles. The number of amides is 2. The Balaban J connectivity index is 1.54. The van der Waals surface area contributed by atoms with Crippen LogP contribution in [0.1, 0.15) is 36.3 Å². The summed E-state index contributed by atoms with van der Waals surface area (Å²) in [5, 5.41) is 7.44. The van der Waals surface area contributed by atoms with Gasteiger partial charge >= 0.3 is 11.8 Å². The highest BCUT2D eigenvalue weighted by Gasteiger charge is 2.37. The Morgan fingerprint density at radius 1 is 1.13 bits per heavy atom. The van der Waals surface area contributed by atoms with Gasteiger partial charge in [0.05, 0.1) is 12.8 Å². The van der Waals surface area contributed by atoms with Crippen molar-refractivity contribution in [1.29, 1.82) is 0 Å². The quantitative estimate of drug-likeness (QED) is 0.827. The van der Waals surface area contributed by atoms with Gasteiger partial charge in [-0.05, 0) is 36.4 Å². The number of hydrogen-bond donors (Lipinski definition) is 2. The van der Waals surface area contributed by atoms with Crippen LogP contribution in [0.25, 0.3) is 0 Å². The highest BCUT2D eigenvalue weighted by Crippen LogP contribution is 2.42. The first kappa shape index (κ1) is 15.8. The molecule has 2 heterocycles. The summed E-state index contributed by atoms with van der Waals surface area (Å²) >= 11 is 1.72. The molecule has 122 valence electrons. The second-order valence-electron chi connectivity index (χ2n) is 5.91. The Bertz CT molecular complexity index is 643. The number of furan rings is 1. The van der Waals surface area contributed by atoms with E-state index in [1.165, 1.54) is 24.0 Å². The Morgan fingerprint density at radius 2 is 1.91 bits per heavy atom. The van der Waals surface area contributed by atoms with Crippen molar-refractivity contribution in [1.82, 2.24) is 10.6 Å². The Labute approximate surface area is 139 Å². The maximum absolute atomic E-state index is 12.0. The topological polar surface area (TPSA) is 71.3 Å². The fourth-order valence-electron chi connectivity index (χ4n) is 3.13. The van der Waals surface area contributed by atoms with E-state index in [0.717, 1.165) is 12.8 Å². The lowest BCUT2D eigenvalue weighted by Crippen LogP contribution is -2.45. The van der Waals surface area contributed by atoms with E-state index in [1.807, 2.05) is 6.07 Å². The average Bonchev–Trinajstić information content (AvgIpc) is 3.32. The molecule has 0 aromatic carbocycles. The van der Waals surface area contributed by atoms with E-state index in [2.05, 4.69) is 22.1 Å². The van der Waals surface area contributed by atoms with Gasteiger partial charge < -0.3 is 15.1 Å². The van der Waals surface area contributed by atoms with Crippen molar-refractivity contribution in [2.45, 2.75) is 37.6 Å². The number of nitrogens with one attached hydrogen (secondary N) is 2. The molecule has 0 atom stereocenters. The van der Waals surface area contributed by atoms with E-state index in [4.69, 9.17) is 4.42 Å². The van der Waals surface area contributed by atoms with Crippen LogP contribution in [0.3, 0.4) is 0 Å². The van der Waals surface area contributed by atoms with E-state index in [1.54, 1.807) is 23.5 Å². The number of carbonyl (C=O) groups is 2. The molecule has 6 heteroatoms. The third kappa shape index (κ3) is 3.64. The third-order valence-electron chi connectivity index (χ3n) is 4.40. The molecular formula is C17H20N2O3S. The van der Waals surface area contributed by atoms with Crippen molar-refractivity contribution in [3.8, 4) is 0 Å². The summed E-state index contributed by atoms with van der Waals surface area (Å²) in [4.78, 5) is 25.2. The predicted molar refractivity (Wildman–Crippen MR) is 88.0 cm³/mol. The standard InChI is InChI=1S/C17H20N2O3S/c20-15(18-11-13-5-3-9-22-13)16(21)19-12-17(7-1-2-8-17)14-6-4-10-23-14/h3-6,9-10H,1-2,7-8,11-12H2,(H,18,20)(H,19,21). The molecule has 1 aliphatic carbocycles. The van der Waals surface area contributed by atoms with Crippen LogP contribution in [0.2, 0.25) is 0 Å². The molecule has 0 radical (unpaired) electrons. The first-order valence-electron chi connectivity index (χ1n) is 7.82. The van der Waals surface area contributed by atoms with E-state index >= 15 is 0 Å². The van der Waals surface area contributed by atoms with Crippen molar-refractivity contribution in [3.05, 3.63) is 46.5 Å². The molecule has 2 N–H and O–H groups in total. The zero-order valence-electron chi connectivity index (χ0n) is 12.8. The molecule has 1 fully saturated rings. The van der Waals surface area contributed by atoms with Crippen LogP contribution in [-0.4, -0.2) is 18.4 Å². The van der Waals surface area contributed by atoms with Gasteiger partial charge in [-0.1, -0.05) is 18.9 Å². The fraction of sp³-hybridized carbons (Fsp3) is 0.412. The van der Waals surface area contributed by atoms with Crippen LogP contribution >= 0.6 is 11.3 Å². The van der Waals surface area contributed by atoms with Crippen LogP contribution in [0.5, 0.6) is 0 Å². The van der Waals surface area contributed by atoms with E-state index in [-0.39, 0.29) is 12.0 Å². The maximum Gasteiger partial charge on any atom is 0.309 e. The molecule has 23 heavy (non-hydrogen) atoms. The smallest absolute Gasteiger partial charge is 0.309 e. The van der Waals surface area contributed by atoms with Gasteiger partial charge in [-0.2, -0.15) is 0 Å². The molecule has 2 aromatic heterocycles. The second kappa shape index (κ2) is 7.00. The summed E-state index contributed by atoms with van der Waals surface area (Å²) < 4.78 is 5.12. The highest BCUT2D eigenvalue weighted by molar-refractivity contribution is 7.10.